The summed E-state index contributed by atoms with van der Waals surface area (Å²) in [6.07, 6.45) is -0.366. The van der Waals surface area contributed by atoms with E-state index in [2.05, 4.69) is 10.3 Å². The first-order valence-electron chi connectivity index (χ1n) is 13.7. The summed E-state index contributed by atoms with van der Waals surface area (Å²) in [5.41, 5.74) is 3.80. The van der Waals surface area contributed by atoms with Gasteiger partial charge in [0, 0.05) is 18.2 Å². The van der Waals surface area contributed by atoms with Crippen LogP contribution in [-0.4, -0.2) is 35.9 Å². The summed E-state index contributed by atoms with van der Waals surface area (Å²) in [6, 6.07) is 12.6. The normalized spacial score (nSPS) is 18.2. The lowest BCUT2D eigenvalue weighted by atomic mass is 9.82. The Bertz CT molecular complexity index is 1420. The van der Waals surface area contributed by atoms with Crippen LogP contribution in [0.5, 0.6) is 11.6 Å². The van der Waals surface area contributed by atoms with Crippen LogP contribution in [0.3, 0.4) is 0 Å². The van der Waals surface area contributed by atoms with Gasteiger partial charge in [-0.3, -0.25) is 4.79 Å². The van der Waals surface area contributed by atoms with Crippen molar-refractivity contribution >= 4 is 5.97 Å². The maximum absolute atomic E-state index is 14.8. The van der Waals surface area contributed by atoms with Gasteiger partial charge in [0.15, 0.2) is 0 Å². The summed E-state index contributed by atoms with van der Waals surface area (Å²) >= 11 is 0. The van der Waals surface area contributed by atoms with Gasteiger partial charge in [-0.15, -0.1) is 0 Å². The van der Waals surface area contributed by atoms with E-state index in [1.165, 1.54) is 13.2 Å². The standard InChI is InChI=1S/C31H32F4N2O4/c1-17(30(38)39)29(19-4-5-19)21-6-3-18-8-10-26(41-27(18)12-21)20-7-9-23(22(11-20)14-36-16-31(33,34)35)24-13-28(40-2)37-15-25(24)32/h3,6-7,9,11-13,15,17,19,26,29,36H,4-5,8,10,14,16H2,1-2H3,(H,38,39)/t17-,26-,29?/m0/s1. The minimum absolute atomic E-state index is 0.0976. The Morgan fingerprint density at radius 3 is 2.61 bits per heavy atom. The highest BCUT2D eigenvalue weighted by Crippen LogP contribution is 2.48. The lowest BCUT2D eigenvalue weighted by Gasteiger charge is -2.29. The van der Waals surface area contributed by atoms with E-state index in [-0.39, 0.29) is 30.0 Å². The Morgan fingerprint density at radius 2 is 1.93 bits per heavy atom. The number of carboxylic acids is 1. The van der Waals surface area contributed by atoms with Gasteiger partial charge in [0.05, 0.1) is 25.8 Å². The van der Waals surface area contributed by atoms with Crippen LogP contribution in [0.25, 0.3) is 11.1 Å². The number of methoxy groups -OCH3 is 1. The second kappa shape index (κ2) is 11.7. The molecule has 3 aromatic rings. The summed E-state index contributed by atoms with van der Waals surface area (Å²) in [7, 11) is 1.40. The van der Waals surface area contributed by atoms with Crippen molar-refractivity contribution in [3.63, 3.8) is 0 Å². The molecule has 2 heterocycles. The molecule has 1 aromatic heterocycles. The SMILES string of the molecule is COc1cc(-c2ccc([C@@H]3CCc4ccc(C(C5CC5)[C@H](C)C(=O)O)cc4O3)cc2CNCC(F)(F)F)c(F)cn1. The van der Waals surface area contributed by atoms with Gasteiger partial charge in [0.25, 0.3) is 0 Å². The zero-order chi connectivity index (χ0) is 29.3. The third-order valence-electron chi connectivity index (χ3n) is 7.95. The van der Waals surface area contributed by atoms with Gasteiger partial charge in [-0.2, -0.15) is 13.2 Å². The van der Waals surface area contributed by atoms with Crippen LogP contribution in [0.1, 0.15) is 60.5 Å². The predicted molar refractivity (Wildman–Crippen MR) is 144 cm³/mol. The number of aromatic nitrogens is 1. The molecule has 0 spiro atoms. The monoisotopic (exact) mass is 572 g/mol. The second-order valence-corrected chi connectivity index (χ2v) is 10.8. The number of alkyl halides is 3. The summed E-state index contributed by atoms with van der Waals surface area (Å²) in [6.45, 7) is 0.410. The van der Waals surface area contributed by atoms with E-state index < -0.39 is 30.4 Å². The summed E-state index contributed by atoms with van der Waals surface area (Å²) in [4.78, 5) is 15.6. The molecule has 2 aliphatic rings. The molecule has 5 rings (SSSR count). The number of hydrogen-bond acceptors (Lipinski definition) is 5. The molecule has 2 N–H and O–H groups in total. The van der Waals surface area contributed by atoms with E-state index in [1.807, 2.05) is 18.2 Å². The number of aryl methyl sites for hydroxylation is 1. The van der Waals surface area contributed by atoms with Crippen molar-refractivity contribution in [1.82, 2.24) is 10.3 Å². The van der Waals surface area contributed by atoms with Crippen LogP contribution in [-0.2, 0) is 17.8 Å². The number of halogens is 4. The van der Waals surface area contributed by atoms with Gasteiger partial charge in [0.1, 0.15) is 17.7 Å². The lowest BCUT2D eigenvalue weighted by molar-refractivity contribution is -0.142. The summed E-state index contributed by atoms with van der Waals surface area (Å²) in [5, 5.41) is 12.1. The maximum Gasteiger partial charge on any atom is 0.401 e. The topological polar surface area (TPSA) is 80.7 Å². The van der Waals surface area contributed by atoms with Crippen LogP contribution in [0.4, 0.5) is 17.6 Å². The average molecular weight is 573 g/mol. The molecule has 41 heavy (non-hydrogen) atoms. The fourth-order valence-electron chi connectivity index (χ4n) is 5.71. The van der Waals surface area contributed by atoms with Gasteiger partial charge in [-0.25, -0.2) is 9.37 Å². The Kier molecular flexibility index (Phi) is 8.22. The number of ether oxygens (including phenoxy) is 2. The van der Waals surface area contributed by atoms with Gasteiger partial charge < -0.3 is 19.9 Å². The van der Waals surface area contributed by atoms with E-state index in [1.54, 1.807) is 25.1 Å². The van der Waals surface area contributed by atoms with Crippen molar-refractivity contribution in [2.45, 2.75) is 57.3 Å². The number of benzene rings is 2. The Balaban J connectivity index is 1.45. The molecule has 1 fully saturated rings. The molecule has 0 bridgehead atoms. The van der Waals surface area contributed by atoms with Crippen molar-refractivity contribution in [2.75, 3.05) is 13.7 Å². The van der Waals surface area contributed by atoms with Crippen molar-refractivity contribution in [3.05, 3.63) is 76.7 Å². The van der Waals surface area contributed by atoms with Crippen molar-refractivity contribution in [2.24, 2.45) is 11.8 Å². The molecule has 3 atom stereocenters. The minimum atomic E-state index is -4.40. The zero-order valence-electron chi connectivity index (χ0n) is 22.8. The molecule has 6 nitrogen and oxygen atoms in total. The number of aliphatic carboxylic acids is 1. The van der Waals surface area contributed by atoms with Crippen LogP contribution in [0.2, 0.25) is 0 Å². The van der Waals surface area contributed by atoms with Crippen molar-refractivity contribution in [1.29, 1.82) is 0 Å². The molecule has 1 aliphatic heterocycles. The van der Waals surface area contributed by atoms with E-state index in [4.69, 9.17) is 9.47 Å². The Morgan fingerprint density at radius 1 is 1.15 bits per heavy atom. The second-order valence-electron chi connectivity index (χ2n) is 10.8. The Labute approximate surface area is 235 Å². The van der Waals surface area contributed by atoms with Crippen LogP contribution in [0.15, 0.2) is 48.7 Å². The number of pyridine rings is 1. The first-order chi connectivity index (χ1) is 19.5. The summed E-state index contributed by atoms with van der Waals surface area (Å²) < 4.78 is 65.0. The van der Waals surface area contributed by atoms with Gasteiger partial charge in [-0.05, 0) is 71.4 Å². The van der Waals surface area contributed by atoms with Crippen molar-refractivity contribution in [3.8, 4) is 22.8 Å². The van der Waals surface area contributed by atoms with E-state index in [0.717, 1.165) is 42.1 Å². The summed E-state index contributed by atoms with van der Waals surface area (Å²) in [5.74, 6) is -0.853. The smallest absolute Gasteiger partial charge is 0.401 e. The third-order valence-corrected chi connectivity index (χ3v) is 7.95. The highest BCUT2D eigenvalue weighted by molar-refractivity contribution is 5.71. The van der Waals surface area contributed by atoms with E-state index in [0.29, 0.717) is 29.2 Å². The average Bonchev–Trinajstić information content (AvgIpc) is 3.77. The zero-order valence-corrected chi connectivity index (χ0v) is 22.8. The van der Waals surface area contributed by atoms with Crippen LogP contribution >= 0.6 is 0 Å². The first kappa shape index (κ1) is 28.9. The molecule has 0 saturated heterocycles. The number of hydrogen-bond donors (Lipinski definition) is 2. The molecule has 1 saturated carbocycles. The quantitative estimate of drug-likeness (QED) is 0.259. The maximum atomic E-state index is 14.8. The molecule has 1 unspecified atom stereocenters. The largest absolute Gasteiger partial charge is 0.485 e. The third kappa shape index (κ3) is 6.64. The van der Waals surface area contributed by atoms with E-state index >= 15 is 0 Å². The van der Waals surface area contributed by atoms with Gasteiger partial charge in [0.2, 0.25) is 5.88 Å². The van der Waals surface area contributed by atoms with Gasteiger partial charge >= 0.3 is 12.1 Å². The van der Waals surface area contributed by atoms with Gasteiger partial charge in [-0.1, -0.05) is 37.3 Å². The molecule has 2 aromatic carbocycles. The molecule has 218 valence electrons. The lowest BCUT2D eigenvalue weighted by Crippen LogP contribution is -2.28. The number of nitrogens with zero attached hydrogens (tertiary/aromatic N) is 1. The number of rotatable bonds is 10. The molecule has 0 radical (unpaired) electrons. The van der Waals surface area contributed by atoms with Crippen LogP contribution < -0.4 is 14.8 Å². The molecular weight excluding hydrogens is 540 g/mol. The fraction of sp³-hybridized carbons (Fsp3) is 0.419. The Hall–Kier alpha value is -3.66. The number of carbonyl (C=O) groups is 1. The number of fused-ring (bicyclic) bond motifs is 1. The number of carboxylic acid groups (broad SMARTS) is 1. The van der Waals surface area contributed by atoms with Crippen LogP contribution in [0, 0.1) is 17.7 Å². The first-order valence-corrected chi connectivity index (χ1v) is 13.7. The van der Waals surface area contributed by atoms with Crippen molar-refractivity contribution < 1.29 is 36.9 Å². The predicted octanol–water partition coefficient (Wildman–Crippen LogP) is 6.83. The highest BCUT2D eigenvalue weighted by Gasteiger charge is 2.39. The highest BCUT2D eigenvalue weighted by atomic mass is 19.4. The molecule has 1 aliphatic carbocycles. The fourth-order valence-corrected chi connectivity index (χ4v) is 5.71. The van der Waals surface area contributed by atoms with E-state index in [9.17, 15) is 27.5 Å². The molecular formula is C31H32F4N2O4. The molecule has 10 heteroatoms. The number of nitrogens with one attached hydrogen (secondary N) is 1. The molecule has 0 amide bonds. The minimum Gasteiger partial charge on any atom is -0.485 e.